The first-order chi connectivity index (χ1) is 36.5. The Labute approximate surface area is 502 Å². The van der Waals surface area contributed by atoms with Gasteiger partial charge in [0, 0.05) is 70.0 Å². The van der Waals surface area contributed by atoms with Gasteiger partial charge in [0.1, 0.15) is 6.61 Å². The van der Waals surface area contributed by atoms with Gasteiger partial charge in [-0.1, -0.05) is 89.0 Å². The number of halogens is 8. The summed E-state index contributed by atoms with van der Waals surface area (Å²) in [7, 11) is 0. The minimum Gasteiger partial charge on any atom is -0.465 e. The molecule has 1 unspecified atom stereocenters. The van der Waals surface area contributed by atoms with Gasteiger partial charge >= 0.3 is 23.9 Å². The van der Waals surface area contributed by atoms with E-state index in [1.807, 2.05) is 55.4 Å². The Morgan fingerprint density at radius 1 is 0.667 bits per heavy atom. The van der Waals surface area contributed by atoms with Gasteiger partial charge in [0.2, 0.25) is 10.5 Å². The van der Waals surface area contributed by atoms with E-state index in [-0.39, 0.29) is 87.9 Å². The van der Waals surface area contributed by atoms with Gasteiger partial charge in [0.25, 0.3) is 6.29 Å². The third-order valence-electron chi connectivity index (χ3n) is 8.16. The van der Waals surface area contributed by atoms with Crippen LogP contribution in [-0.2, 0) is 76.2 Å². The van der Waals surface area contributed by atoms with Crippen LogP contribution in [0.4, 0.5) is 0 Å². The molecule has 0 spiro atoms. The third kappa shape index (κ3) is 54.3. The standard InChI is InChI=1S/C9H6O2.C8H16O4.C8H12O3.C6H12Cl2O2.C6H13ClO2.C4H7ClO2.2C4H7ClO.C3H4Cl2O/c10-8-5-9(11)7-4-2-1-3-6(7)8;1-4-10-7(9)8(11-5-2)12-6-3;1-8(2,3)5-4-6(9)11-7(5)10;1-3-9-6(5(7)8)10-4-2;1-3-8-6(5-7)9-4-2;1-4(6)7-3-2-5;1-3(2)4(5)6;1-2-3-4(5)6;4-1-3(6)2-5/h1-4H,5H2;8H,4-6H2,1-3H3;5H,4H2,1-3H3;5-6H,3-4H2,1-2H3;6H,3-5H2,1-2H3;2-3H2,1H3;3H,1-2H3;2-3H2,1H3;1-2H2. The lowest BCUT2D eigenvalue weighted by atomic mass is 9.80. The Hall–Kier alpha value is -2.27. The lowest BCUT2D eigenvalue weighted by molar-refractivity contribution is -0.192. The number of cyclic esters (lactones) is 2. The molecule has 1 atom stereocenters. The van der Waals surface area contributed by atoms with Crippen molar-refractivity contribution in [1.82, 2.24) is 0 Å². The van der Waals surface area contributed by atoms with Crippen LogP contribution in [0, 0.1) is 17.3 Å². The number of ketones is 3. The Morgan fingerprint density at radius 3 is 1.29 bits per heavy atom. The summed E-state index contributed by atoms with van der Waals surface area (Å²) in [6.45, 7) is 29.4. The van der Waals surface area contributed by atoms with Gasteiger partial charge in [-0.2, -0.15) is 0 Å². The van der Waals surface area contributed by atoms with E-state index in [0.29, 0.717) is 82.2 Å². The van der Waals surface area contributed by atoms with E-state index in [1.165, 1.54) is 6.92 Å². The molecule has 0 aromatic heterocycles. The maximum atomic E-state index is 11.1. The zero-order chi connectivity index (χ0) is 61.8. The van der Waals surface area contributed by atoms with E-state index in [4.69, 9.17) is 126 Å². The monoisotopic (exact) mass is 1280 g/mol. The van der Waals surface area contributed by atoms with Crippen molar-refractivity contribution in [1.29, 1.82) is 0 Å². The number of Topliss-reactive ketones (excluding diaryl/α,β-unsaturated/α-hetero) is 3. The van der Waals surface area contributed by atoms with Crippen LogP contribution in [0.15, 0.2) is 24.3 Å². The van der Waals surface area contributed by atoms with Gasteiger partial charge in [-0.25, -0.2) is 4.79 Å². The topological polar surface area (TPSA) is 237 Å². The summed E-state index contributed by atoms with van der Waals surface area (Å²) < 4.78 is 43.8. The highest BCUT2D eigenvalue weighted by atomic mass is 35.5. The van der Waals surface area contributed by atoms with Crippen molar-refractivity contribution in [3.8, 4) is 0 Å². The van der Waals surface area contributed by atoms with Crippen LogP contribution in [-0.4, -0.2) is 152 Å². The van der Waals surface area contributed by atoms with Crippen molar-refractivity contribution < 1.29 is 85.8 Å². The second kappa shape index (κ2) is 57.9. The number of esters is 4. The first-order valence-electron chi connectivity index (χ1n) is 24.8. The Balaban J connectivity index is -0.000000189. The predicted molar refractivity (Wildman–Crippen MR) is 308 cm³/mol. The molecule has 26 heteroatoms. The summed E-state index contributed by atoms with van der Waals surface area (Å²) in [5.74, 6) is -1.16. The zero-order valence-corrected chi connectivity index (χ0v) is 53.5. The summed E-state index contributed by atoms with van der Waals surface area (Å²) >= 11 is 41.6. The van der Waals surface area contributed by atoms with Gasteiger partial charge in [-0.3, -0.25) is 38.4 Å². The molecule has 1 fully saturated rings. The fourth-order valence-electron chi connectivity index (χ4n) is 4.58. The Kier molecular flexibility index (Phi) is 64.6. The number of rotatable bonds is 23. The number of benzene rings is 1. The first-order valence-corrected chi connectivity index (χ1v) is 28.6. The maximum Gasteiger partial charge on any atom is 0.363 e. The van der Waals surface area contributed by atoms with Crippen LogP contribution < -0.4 is 0 Å². The number of ether oxygens (including phenoxy) is 9. The molecule has 0 amide bonds. The van der Waals surface area contributed by atoms with Crippen molar-refractivity contribution in [2.75, 3.05) is 76.4 Å². The molecule has 1 heterocycles. The minimum atomic E-state index is -0.861. The Bertz CT molecular complexity index is 1710. The molecule has 0 saturated carbocycles. The molecule has 1 aromatic carbocycles. The fourth-order valence-corrected chi connectivity index (χ4v) is 5.60. The quantitative estimate of drug-likeness (QED) is 0.0247. The smallest absolute Gasteiger partial charge is 0.363 e. The van der Waals surface area contributed by atoms with Crippen LogP contribution in [0.3, 0.4) is 0 Å². The molecule has 0 bridgehead atoms. The molecule has 0 N–H and O–H groups in total. The van der Waals surface area contributed by atoms with Crippen molar-refractivity contribution in [2.45, 2.75) is 146 Å². The van der Waals surface area contributed by atoms with Crippen LogP contribution >= 0.6 is 92.8 Å². The highest BCUT2D eigenvalue weighted by molar-refractivity contribution is 6.64. The number of carbonyl (C=O) groups is 9. The molecule has 3 rings (SSSR count). The average Bonchev–Trinajstić information content (AvgIpc) is 3.89. The first kappa shape index (κ1) is 87.0. The number of alkyl halides is 6. The third-order valence-corrected chi connectivity index (χ3v) is 10.2. The molecule has 18 nitrogen and oxygen atoms in total. The van der Waals surface area contributed by atoms with Gasteiger partial charge in [-0.05, 0) is 83.5 Å². The number of fused-ring (bicyclic) bond motifs is 1. The van der Waals surface area contributed by atoms with Crippen LogP contribution in [0.5, 0.6) is 0 Å². The van der Waals surface area contributed by atoms with Crippen molar-refractivity contribution in [3.63, 3.8) is 0 Å². The second-order valence-corrected chi connectivity index (χ2v) is 19.2. The van der Waals surface area contributed by atoms with E-state index in [2.05, 4.69) is 9.47 Å². The molecule has 2 aliphatic rings. The number of hydrogen-bond acceptors (Lipinski definition) is 18. The summed E-state index contributed by atoms with van der Waals surface area (Å²) in [4.78, 5) is 93.8. The van der Waals surface area contributed by atoms with Gasteiger partial charge < -0.3 is 42.6 Å². The van der Waals surface area contributed by atoms with Crippen LogP contribution in [0.25, 0.3) is 0 Å². The van der Waals surface area contributed by atoms with E-state index >= 15 is 0 Å². The van der Waals surface area contributed by atoms with E-state index in [1.54, 1.807) is 58.9 Å². The minimum absolute atomic E-state index is 0.0216. The lowest BCUT2D eigenvalue weighted by Crippen LogP contribution is -2.29. The van der Waals surface area contributed by atoms with Gasteiger partial charge in [-0.15, -0.1) is 46.4 Å². The van der Waals surface area contributed by atoms with E-state index in [9.17, 15) is 43.2 Å². The normalized spacial score (nSPS) is 12.8. The lowest BCUT2D eigenvalue weighted by Gasteiger charge is -2.21. The highest BCUT2D eigenvalue weighted by Gasteiger charge is 2.41. The van der Waals surface area contributed by atoms with Gasteiger partial charge in [0.05, 0.1) is 48.9 Å². The maximum absolute atomic E-state index is 11.1. The summed E-state index contributed by atoms with van der Waals surface area (Å²) in [5, 5.41) is -0.507. The fraction of sp³-hybridized carbons (Fsp3) is 0.712. The molecule has 0 radical (unpaired) electrons. The molecule has 456 valence electrons. The molecule has 1 aliphatic carbocycles. The van der Waals surface area contributed by atoms with E-state index in [0.717, 1.165) is 6.42 Å². The summed E-state index contributed by atoms with van der Waals surface area (Å²) in [6.07, 6.45) is 0.0749. The highest BCUT2D eigenvalue weighted by Crippen LogP contribution is 2.33. The van der Waals surface area contributed by atoms with Crippen LogP contribution in [0.1, 0.15) is 143 Å². The number of carbonyl (C=O) groups excluding carboxylic acids is 9. The average molecular weight is 1280 g/mol. The van der Waals surface area contributed by atoms with Crippen molar-refractivity contribution in [3.05, 3.63) is 35.4 Å². The molecular weight excluding hydrogens is 1200 g/mol. The molecule has 1 aliphatic heterocycles. The van der Waals surface area contributed by atoms with E-state index < -0.39 is 29.4 Å². The summed E-state index contributed by atoms with van der Waals surface area (Å²) in [5.41, 5.74) is 0.999. The zero-order valence-electron chi connectivity index (χ0n) is 47.5. The predicted octanol–water partition coefficient (Wildman–Crippen LogP) is 12.1. The second-order valence-electron chi connectivity index (χ2n) is 16.0. The van der Waals surface area contributed by atoms with Gasteiger partial charge in [0.15, 0.2) is 34.8 Å². The van der Waals surface area contributed by atoms with Crippen molar-refractivity contribution >= 4 is 145 Å². The molecular formula is C52H84Cl8O18. The summed E-state index contributed by atoms with van der Waals surface area (Å²) in [6, 6.07) is 6.94. The largest absolute Gasteiger partial charge is 0.465 e. The SMILES string of the molecule is CC(=O)OCCCl.CC(C)(C)C1CC(=O)OC1=O.CC(C)C(=O)Cl.CCCC(=O)Cl.CCOC(=O)C(OCC)OCC.CCOC(CCl)OCC.CCOC(OCC)C(Cl)Cl.O=C(CCl)CCl.O=C1CC(=O)c2ccccc21. The molecule has 78 heavy (non-hydrogen) atoms. The Morgan fingerprint density at radius 2 is 1.09 bits per heavy atom. The molecule has 1 aromatic rings. The van der Waals surface area contributed by atoms with Crippen molar-refractivity contribution in [2.24, 2.45) is 17.3 Å². The van der Waals surface area contributed by atoms with Crippen LogP contribution in [0.2, 0.25) is 0 Å². The number of hydrogen-bond donors (Lipinski definition) is 0. The molecule has 1 saturated heterocycles.